The second kappa shape index (κ2) is 2.18. The lowest BCUT2D eigenvalue weighted by Crippen LogP contribution is -2.14. The number of hydrogen-bond acceptors (Lipinski definition) is 6. The van der Waals surface area contributed by atoms with E-state index in [4.69, 9.17) is 11.5 Å². The van der Waals surface area contributed by atoms with E-state index in [9.17, 15) is 4.79 Å². The minimum Gasteiger partial charge on any atom is -0.383 e. The van der Waals surface area contributed by atoms with Crippen LogP contribution in [0.25, 0.3) is 4.96 Å². The summed E-state index contributed by atoms with van der Waals surface area (Å²) in [7, 11) is 0. The summed E-state index contributed by atoms with van der Waals surface area (Å²) in [5, 5.41) is 4.03. The van der Waals surface area contributed by atoms with Crippen LogP contribution in [-0.2, 0) is 0 Å². The number of aromatic nitrogens is 3. The highest BCUT2D eigenvalue weighted by atomic mass is 32.1. The van der Waals surface area contributed by atoms with Gasteiger partial charge in [-0.1, -0.05) is 11.3 Å². The number of hydrogen-bond donors (Lipinski definition) is 2. The van der Waals surface area contributed by atoms with Gasteiger partial charge in [0.2, 0.25) is 10.1 Å². The van der Waals surface area contributed by atoms with Gasteiger partial charge in [-0.15, -0.1) is 5.10 Å². The number of fused-ring (bicyclic) bond motifs is 1. The molecule has 2 heterocycles. The largest absolute Gasteiger partial charge is 0.383 e. The third-order valence-electron chi connectivity index (χ3n) is 1.28. The number of rotatable bonds is 0. The summed E-state index contributed by atoms with van der Waals surface area (Å²) in [6, 6.07) is 1.20. The predicted octanol–water partition coefficient (Wildman–Crippen LogP) is -0.685. The lowest BCUT2D eigenvalue weighted by molar-refractivity contribution is 0.907. The summed E-state index contributed by atoms with van der Waals surface area (Å²) in [5.74, 6) is 0.184. The van der Waals surface area contributed by atoms with Gasteiger partial charge in [-0.2, -0.15) is 4.52 Å². The Hall–Kier alpha value is -1.63. The Morgan fingerprint density at radius 1 is 1.50 bits per heavy atom. The molecule has 0 saturated heterocycles. The van der Waals surface area contributed by atoms with E-state index in [1.807, 2.05) is 0 Å². The van der Waals surface area contributed by atoms with Crippen molar-refractivity contribution in [3.8, 4) is 0 Å². The maximum Gasteiger partial charge on any atom is 0.277 e. The van der Waals surface area contributed by atoms with Crippen LogP contribution in [0.4, 0.5) is 10.9 Å². The van der Waals surface area contributed by atoms with E-state index in [1.54, 1.807) is 0 Å². The highest BCUT2D eigenvalue weighted by molar-refractivity contribution is 7.20. The number of nitrogen functional groups attached to an aromatic ring is 2. The van der Waals surface area contributed by atoms with E-state index in [-0.39, 0.29) is 11.4 Å². The van der Waals surface area contributed by atoms with Crippen LogP contribution in [-0.4, -0.2) is 14.6 Å². The van der Waals surface area contributed by atoms with Gasteiger partial charge in [-0.25, -0.2) is 4.98 Å². The normalized spacial score (nSPS) is 10.7. The molecule has 0 unspecified atom stereocenters. The fraction of sp³-hybridized carbons (Fsp3) is 0. The van der Waals surface area contributed by atoms with Gasteiger partial charge in [0, 0.05) is 6.07 Å². The second-order valence-electron chi connectivity index (χ2n) is 2.15. The van der Waals surface area contributed by atoms with Crippen molar-refractivity contribution < 1.29 is 0 Å². The van der Waals surface area contributed by atoms with Gasteiger partial charge in [0.15, 0.2) is 0 Å². The summed E-state index contributed by atoms with van der Waals surface area (Å²) < 4.78 is 1.12. The maximum absolute atomic E-state index is 11.1. The molecule has 0 aliphatic carbocycles. The zero-order chi connectivity index (χ0) is 8.72. The number of nitrogens with zero attached hydrogens (tertiary/aromatic N) is 3. The van der Waals surface area contributed by atoms with Gasteiger partial charge in [-0.3, -0.25) is 4.79 Å². The summed E-state index contributed by atoms with van der Waals surface area (Å²) in [6.07, 6.45) is 0. The zero-order valence-corrected chi connectivity index (χ0v) is 6.71. The topological polar surface area (TPSA) is 99.3 Å². The van der Waals surface area contributed by atoms with E-state index >= 15 is 0 Å². The van der Waals surface area contributed by atoms with E-state index in [0.717, 1.165) is 15.9 Å². The molecule has 0 radical (unpaired) electrons. The fourth-order valence-electron chi connectivity index (χ4n) is 0.843. The van der Waals surface area contributed by atoms with Crippen molar-refractivity contribution in [2.45, 2.75) is 0 Å². The fourth-order valence-corrected chi connectivity index (χ4v) is 1.52. The molecule has 0 atom stereocenters. The molecule has 0 fully saturated rings. The number of anilines is 2. The molecule has 0 bridgehead atoms. The number of nitrogens with two attached hydrogens (primary N) is 2. The first-order chi connectivity index (χ1) is 5.66. The summed E-state index contributed by atoms with van der Waals surface area (Å²) in [4.78, 5) is 15.4. The molecular formula is C5H5N5OS. The highest BCUT2D eigenvalue weighted by Crippen LogP contribution is 2.12. The molecule has 0 saturated carbocycles. The van der Waals surface area contributed by atoms with Gasteiger partial charge in [-0.05, 0) is 0 Å². The molecule has 0 amide bonds. The molecule has 2 rings (SSSR count). The van der Waals surface area contributed by atoms with Crippen LogP contribution >= 0.6 is 11.3 Å². The molecular weight excluding hydrogens is 178 g/mol. The lowest BCUT2D eigenvalue weighted by Gasteiger charge is -1.89. The van der Waals surface area contributed by atoms with E-state index < -0.39 is 0 Å². The summed E-state index contributed by atoms with van der Waals surface area (Å²) in [6.45, 7) is 0. The minimum atomic E-state index is -0.314. The van der Waals surface area contributed by atoms with Crippen molar-refractivity contribution in [1.29, 1.82) is 0 Å². The third kappa shape index (κ3) is 0.909. The Morgan fingerprint density at radius 3 is 3.00 bits per heavy atom. The van der Waals surface area contributed by atoms with Crippen molar-refractivity contribution in [1.82, 2.24) is 14.6 Å². The smallest absolute Gasteiger partial charge is 0.277 e. The molecule has 4 N–H and O–H groups in total. The van der Waals surface area contributed by atoms with Crippen molar-refractivity contribution >= 4 is 27.2 Å². The van der Waals surface area contributed by atoms with Crippen molar-refractivity contribution in [2.24, 2.45) is 0 Å². The lowest BCUT2D eigenvalue weighted by atomic mass is 10.6. The Balaban J connectivity index is 2.98. The van der Waals surface area contributed by atoms with Gasteiger partial charge < -0.3 is 11.5 Å². The molecule has 2 aromatic heterocycles. The Kier molecular flexibility index (Phi) is 1.28. The molecule has 7 heteroatoms. The van der Waals surface area contributed by atoms with Gasteiger partial charge >= 0.3 is 0 Å². The molecule has 62 valence electrons. The first-order valence-electron chi connectivity index (χ1n) is 3.09. The van der Waals surface area contributed by atoms with E-state index in [1.165, 1.54) is 6.07 Å². The van der Waals surface area contributed by atoms with Gasteiger partial charge in [0.25, 0.3) is 5.56 Å². The van der Waals surface area contributed by atoms with E-state index in [0.29, 0.717) is 10.1 Å². The standard InChI is InChI=1S/C5H5N5OS/c6-2-1-3(11)10-5(8-2)12-4(7)9-10/h1H,6H2,(H2,7,9). The van der Waals surface area contributed by atoms with Crippen molar-refractivity contribution in [3.63, 3.8) is 0 Å². The summed E-state index contributed by atoms with van der Waals surface area (Å²) in [5.41, 5.74) is 10.4. The Morgan fingerprint density at radius 2 is 2.25 bits per heavy atom. The molecule has 0 spiro atoms. The zero-order valence-electron chi connectivity index (χ0n) is 5.89. The van der Waals surface area contributed by atoms with Crippen LogP contribution in [0.15, 0.2) is 10.9 Å². The SMILES string of the molecule is Nc1cc(=O)n2nc(N)sc2n1. The quantitative estimate of drug-likeness (QED) is 0.563. The van der Waals surface area contributed by atoms with Crippen molar-refractivity contribution in [2.75, 3.05) is 11.5 Å². The first kappa shape index (κ1) is 7.04. The van der Waals surface area contributed by atoms with Gasteiger partial charge in [0.1, 0.15) is 5.82 Å². The van der Waals surface area contributed by atoms with Crippen LogP contribution < -0.4 is 17.0 Å². The Labute approximate surface area is 70.4 Å². The summed E-state index contributed by atoms with van der Waals surface area (Å²) >= 11 is 1.12. The van der Waals surface area contributed by atoms with Crippen LogP contribution in [0.3, 0.4) is 0 Å². The highest BCUT2D eigenvalue weighted by Gasteiger charge is 2.04. The molecule has 0 aliphatic rings. The molecule has 0 aromatic carbocycles. The minimum absolute atomic E-state index is 0.184. The predicted molar refractivity (Wildman–Crippen MR) is 46.0 cm³/mol. The maximum atomic E-state index is 11.1. The average molecular weight is 183 g/mol. The molecule has 6 nitrogen and oxygen atoms in total. The van der Waals surface area contributed by atoms with Gasteiger partial charge in [0.05, 0.1) is 0 Å². The van der Waals surface area contributed by atoms with Crippen molar-refractivity contribution in [3.05, 3.63) is 16.4 Å². The van der Waals surface area contributed by atoms with Crippen LogP contribution in [0, 0.1) is 0 Å². The second-order valence-corrected chi connectivity index (χ2v) is 3.14. The first-order valence-corrected chi connectivity index (χ1v) is 3.90. The third-order valence-corrected chi connectivity index (χ3v) is 2.02. The Bertz CT molecular complexity index is 486. The molecule has 12 heavy (non-hydrogen) atoms. The van der Waals surface area contributed by atoms with Crippen LogP contribution in [0.2, 0.25) is 0 Å². The molecule has 0 aliphatic heterocycles. The van der Waals surface area contributed by atoms with Crippen LogP contribution in [0.1, 0.15) is 0 Å². The van der Waals surface area contributed by atoms with E-state index in [2.05, 4.69) is 10.1 Å². The van der Waals surface area contributed by atoms with Crippen LogP contribution in [0.5, 0.6) is 0 Å². The molecule has 2 aromatic rings. The average Bonchev–Trinajstić information content (AvgIpc) is 2.29. The monoisotopic (exact) mass is 183 g/mol.